The molecule has 6 heteroatoms. The predicted octanol–water partition coefficient (Wildman–Crippen LogP) is 2.32. The second-order valence-corrected chi connectivity index (χ2v) is 6.28. The van der Waals surface area contributed by atoms with E-state index in [1.165, 1.54) is 0 Å². The number of aromatic nitrogens is 2. The van der Waals surface area contributed by atoms with Crippen LogP contribution in [0.1, 0.15) is 40.0 Å². The fourth-order valence-corrected chi connectivity index (χ4v) is 2.88. The van der Waals surface area contributed by atoms with Crippen LogP contribution in [0.4, 0.5) is 0 Å². The predicted molar refractivity (Wildman–Crippen MR) is 97.0 cm³/mol. The van der Waals surface area contributed by atoms with Crippen LogP contribution in [0.2, 0.25) is 0 Å². The molecule has 3 N–H and O–H groups in total. The maximum absolute atomic E-state index is 12.5. The maximum Gasteiger partial charge on any atom is 0.314 e. The van der Waals surface area contributed by atoms with Gasteiger partial charge in [0.1, 0.15) is 0 Å². The monoisotopic (exact) mass is 337 g/mol. The van der Waals surface area contributed by atoms with Crippen LogP contribution >= 0.6 is 0 Å². The fourth-order valence-electron chi connectivity index (χ4n) is 2.88. The third kappa shape index (κ3) is 3.52. The van der Waals surface area contributed by atoms with Crippen LogP contribution in [0, 0.1) is 13.8 Å². The van der Waals surface area contributed by atoms with Crippen molar-refractivity contribution in [2.45, 2.75) is 26.8 Å². The van der Waals surface area contributed by atoms with Crippen LogP contribution in [0.25, 0.3) is 11.0 Å². The highest BCUT2D eigenvalue weighted by atomic mass is 16.2. The minimum absolute atomic E-state index is 0.156. The number of H-pyrrole nitrogens is 2. The highest BCUT2D eigenvalue weighted by molar-refractivity contribution is 5.97. The Balaban J connectivity index is 1.87. The lowest BCUT2D eigenvalue weighted by atomic mass is 10.0. The van der Waals surface area contributed by atoms with Gasteiger partial charge in [0.15, 0.2) is 0 Å². The molecule has 1 aromatic heterocycles. The summed E-state index contributed by atoms with van der Waals surface area (Å²) in [6, 6.07) is 10.8. The van der Waals surface area contributed by atoms with E-state index in [0.29, 0.717) is 16.6 Å². The average molecular weight is 337 g/mol. The van der Waals surface area contributed by atoms with Gasteiger partial charge in [-0.1, -0.05) is 29.3 Å². The summed E-state index contributed by atoms with van der Waals surface area (Å²) in [5, 5.41) is 2.95. The number of rotatable bonds is 3. The number of nitrogens with one attached hydrogen (secondary N) is 3. The summed E-state index contributed by atoms with van der Waals surface area (Å²) in [6.45, 7) is 5.96. The van der Waals surface area contributed by atoms with Crippen LogP contribution in [0.5, 0.6) is 0 Å². The summed E-state index contributed by atoms with van der Waals surface area (Å²) in [5.41, 5.74) is 3.16. The van der Waals surface area contributed by atoms with Crippen molar-refractivity contribution < 1.29 is 4.79 Å². The smallest absolute Gasteiger partial charge is 0.314 e. The molecular weight excluding hydrogens is 318 g/mol. The molecule has 0 bridgehead atoms. The van der Waals surface area contributed by atoms with Gasteiger partial charge in [0, 0.05) is 5.56 Å². The first kappa shape index (κ1) is 16.7. The first-order valence-corrected chi connectivity index (χ1v) is 7.99. The number of fused-ring (bicyclic) bond motifs is 1. The number of aryl methyl sites for hydroxylation is 2. The highest BCUT2D eigenvalue weighted by Crippen LogP contribution is 2.18. The Kier molecular flexibility index (Phi) is 4.27. The van der Waals surface area contributed by atoms with Crippen LogP contribution < -0.4 is 16.4 Å². The van der Waals surface area contributed by atoms with E-state index in [1.54, 1.807) is 18.2 Å². The summed E-state index contributed by atoms with van der Waals surface area (Å²) in [5.74, 6) is -0.249. The maximum atomic E-state index is 12.5. The summed E-state index contributed by atoms with van der Waals surface area (Å²) < 4.78 is 0. The zero-order valence-corrected chi connectivity index (χ0v) is 14.3. The Morgan fingerprint density at radius 2 is 1.52 bits per heavy atom. The molecule has 1 amide bonds. The molecular formula is C19H19N3O3. The number of hydrogen-bond acceptors (Lipinski definition) is 3. The third-order valence-corrected chi connectivity index (χ3v) is 4.08. The lowest BCUT2D eigenvalue weighted by Crippen LogP contribution is -2.29. The van der Waals surface area contributed by atoms with Gasteiger partial charge in [-0.25, -0.2) is 0 Å². The molecule has 0 aliphatic rings. The Labute approximate surface area is 143 Å². The van der Waals surface area contributed by atoms with Gasteiger partial charge in [0.25, 0.3) is 5.91 Å². The summed E-state index contributed by atoms with van der Waals surface area (Å²) in [6.07, 6.45) is 0. The van der Waals surface area contributed by atoms with Crippen LogP contribution in [-0.2, 0) is 0 Å². The number of hydrogen-bond donors (Lipinski definition) is 3. The largest absolute Gasteiger partial charge is 0.346 e. The van der Waals surface area contributed by atoms with Crippen molar-refractivity contribution in [3.8, 4) is 0 Å². The van der Waals surface area contributed by atoms with Gasteiger partial charge in [0.2, 0.25) is 0 Å². The first-order chi connectivity index (χ1) is 11.8. The van der Waals surface area contributed by atoms with Gasteiger partial charge >= 0.3 is 11.1 Å². The summed E-state index contributed by atoms with van der Waals surface area (Å²) >= 11 is 0. The average Bonchev–Trinajstić information content (AvgIpc) is 2.54. The minimum atomic E-state index is -0.742. The van der Waals surface area contributed by atoms with Crippen LogP contribution in [0.15, 0.2) is 46.0 Å². The van der Waals surface area contributed by atoms with E-state index in [0.717, 1.165) is 16.7 Å². The Hall–Kier alpha value is -3.15. The highest BCUT2D eigenvalue weighted by Gasteiger charge is 2.13. The molecule has 0 aliphatic heterocycles. The molecule has 1 atom stereocenters. The molecule has 3 aromatic rings. The second kappa shape index (κ2) is 6.39. The van der Waals surface area contributed by atoms with E-state index < -0.39 is 11.1 Å². The molecule has 0 radical (unpaired) electrons. The lowest BCUT2D eigenvalue weighted by molar-refractivity contribution is 0.0940. The molecule has 25 heavy (non-hydrogen) atoms. The zero-order chi connectivity index (χ0) is 18.1. The number of benzene rings is 2. The standard InChI is InChI=1S/C19H19N3O3/c1-10-6-11(2)8-14(7-10)12(3)20-17(23)13-4-5-15-16(9-13)22-19(25)18(24)21-15/h4-9,12H,1-3H3,(H,20,23)(H,21,24)(H,22,25)/t12-/m0/s1. The molecule has 0 fully saturated rings. The van der Waals surface area contributed by atoms with Crippen LogP contribution in [-0.4, -0.2) is 15.9 Å². The molecule has 1 heterocycles. The number of carbonyl (C=O) groups excluding carboxylic acids is 1. The van der Waals surface area contributed by atoms with Crippen molar-refractivity contribution in [1.29, 1.82) is 0 Å². The van der Waals surface area contributed by atoms with Crippen molar-refractivity contribution >= 4 is 16.9 Å². The zero-order valence-electron chi connectivity index (χ0n) is 14.3. The molecule has 2 aromatic carbocycles. The normalized spacial score (nSPS) is 12.1. The SMILES string of the molecule is Cc1cc(C)cc([C@H](C)NC(=O)c2ccc3[nH]c(=O)c(=O)[nH]c3c2)c1. The van der Waals surface area contributed by atoms with E-state index in [-0.39, 0.29) is 11.9 Å². The quantitative estimate of drug-likeness (QED) is 0.640. The van der Waals surface area contributed by atoms with E-state index >= 15 is 0 Å². The Morgan fingerprint density at radius 1 is 0.920 bits per heavy atom. The van der Waals surface area contributed by atoms with Gasteiger partial charge in [0.05, 0.1) is 17.1 Å². The molecule has 3 rings (SSSR count). The lowest BCUT2D eigenvalue weighted by Gasteiger charge is -2.16. The third-order valence-electron chi connectivity index (χ3n) is 4.08. The van der Waals surface area contributed by atoms with Gasteiger partial charge < -0.3 is 15.3 Å². The number of aromatic amines is 2. The van der Waals surface area contributed by atoms with Gasteiger partial charge in [-0.15, -0.1) is 0 Å². The van der Waals surface area contributed by atoms with Gasteiger partial charge in [-0.2, -0.15) is 0 Å². The van der Waals surface area contributed by atoms with E-state index in [4.69, 9.17) is 0 Å². The second-order valence-electron chi connectivity index (χ2n) is 6.28. The fraction of sp³-hybridized carbons (Fsp3) is 0.211. The number of carbonyl (C=O) groups is 1. The van der Waals surface area contributed by atoms with Crippen molar-refractivity contribution in [2.24, 2.45) is 0 Å². The molecule has 6 nitrogen and oxygen atoms in total. The topological polar surface area (TPSA) is 94.8 Å². The Morgan fingerprint density at radius 3 is 2.16 bits per heavy atom. The van der Waals surface area contributed by atoms with Gasteiger partial charge in [-0.05, 0) is 44.5 Å². The Bertz CT molecular complexity index is 1060. The van der Waals surface area contributed by atoms with E-state index in [2.05, 4.69) is 21.4 Å². The molecule has 0 saturated heterocycles. The van der Waals surface area contributed by atoms with Crippen molar-refractivity contribution in [3.63, 3.8) is 0 Å². The molecule has 128 valence electrons. The van der Waals surface area contributed by atoms with E-state index in [9.17, 15) is 14.4 Å². The number of amides is 1. The first-order valence-electron chi connectivity index (χ1n) is 7.99. The molecule has 0 spiro atoms. The molecule has 0 unspecified atom stereocenters. The summed E-state index contributed by atoms with van der Waals surface area (Å²) in [7, 11) is 0. The van der Waals surface area contributed by atoms with Gasteiger partial charge in [-0.3, -0.25) is 14.4 Å². The summed E-state index contributed by atoms with van der Waals surface area (Å²) in [4.78, 5) is 40.2. The van der Waals surface area contributed by atoms with E-state index in [1.807, 2.05) is 32.9 Å². The molecule has 0 aliphatic carbocycles. The minimum Gasteiger partial charge on any atom is -0.346 e. The van der Waals surface area contributed by atoms with Crippen molar-refractivity contribution in [1.82, 2.24) is 15.3 Å². The van der Waals surface area contributed by atoms with Crippen molar-refractivity contribution in [2.75, 3.05) is 0 Å². The molecule has 0 saturated carbocycles. The van der Waals surface area contributed by atoms with Crippen molar-refractivity contribution in [3.05, 3.63) is 79.4 Å². The van der Waals surface area contributed by atoms with Crippen LogP contribution in [0.3, 0.4) is 0 Å².